The first kappa shape index (κ1) is 19.9. The molecule has 6 nitrogen and oxygen atoms in total. The van der Waals surface area contributed by atoms with E-state index in [9.17, 15) is 18.0 Å². The molecule has 2 bridgehead atoms. The number of hydrogen-bond donors (Lipinski definition) is 1. The molecule has 3 atom stereocenters. The molecule has 0 spiro atoms. The topological polar surface area (TPSA) is 89.5 Å². The van der Waals surface area contributed by atoms with E-state index in [0.29, 0.717) is 5.92 Å². The van der Waals surface area contributed by atoms with Gasteiger partial charge in [-0.3, -0.25) is 4.79 Å². The number of hydrogen-bond acceptors (Lipinski definition) is 5. The maximum atomic E-state index is 12.3. The summed E-state index contributed by atoms with van der Waals surface area (Å²) in [5.41, 5.74) is 0.164. The lowest BCUT2D eigenvalue weighted by Crippen LogP contribution is -2.48. The average molecular weight is 394 g/mol. The Morgan fingerprint density at radius 3 is 2.44 bits per heavy atom. The van der Waals surface area contributed by atoms with Gasteiger partial charge in [0.1, 0.15) is 0 Å². The van der Waals surface area contributed by atoms with Crippen molar-refractivity contribution in [2.24, 2.45) is 16.7 Å². The molecule has 148 valence electrons. The fourth-order valence-corrected chi connectivity index (χ4v) is 5.70. The van der Waals surface area contributed by atoms with Crippen LogP contribution in [0.25, 0.3) is 0 Å². The van der Waals surface area contributed by atoms with Crippen molar-refractivity contribution in [1.82, 2.24) is 5.32 Å². The third-order valence-corrected chi connectivity index (χ3v) is 8.12. The van der Waals surface area contributed by atoms with E-state index in [1.807, 2.05) is 0 Å². The van der Waals surface area contributed by atoms with Gasteiger partial charge in [-0.2, -0.15) is 0 Å². The second-order valence-electron chi connectivity index (χ2n) is 8.58. The van der Waals surface area contributed by atoms with Crippen molar-refractivity contribution in [3.8, 4) is 0 Å². The van der Waals surface area contributed by atoms with Crippen molar-refractivity contribution in [3.63, 3.8) is 0 Å². The summed E-state index contributed by atoms with van der Waals surface area (Å²) in [5, 5.41) is 3.02. The number of carbonyl (C=O) groups excluding carboxylic acids is 2. The maximum absolute atomic E-state index is 12.3. The van der Waals surface area contributed by atoms with Crippen LogP contribution < -0.4 is 5.32 Å². The van der Waals surface area contributed by atoms with Crippen LogP contribution in [0.5, 0.6) is 0 Å². The van der Waals surface area contributed by atoms with Crippen molar-refractivity contribution in [2.75, 3.05) is 12.9 Å². The number of benzene rings is 1. The lowest BCUT2D eigenvalue weighted by Gasteiger charge is -2.39. The highest BCUT2D eigenvalue weighted by atomic mass is 32.2. The Morgan fingerprint density at radius 1 is 1.22 bits per heavy atom. The van der Waals surface area contributed by atoms with Crippen LogP contribution in [-0.2, 0) is 19.4 Å². The molecule has 7 heteroatoms. The number of nitrogens with one attached hydrogen (secondary N) is 1. The first-order valence-corrected chi connectivity index (χ1v) is 11.1. The maximum Gasteiger partial charge on any atom is 0.339 e. The zero-order chi connectivity index (χ0) is 20.0. The molecule has 0 aliphatic heterocycles. The third-order valence-electron chi connectivity index (χ3n) is 6.97. The van der Waals surface area contributed by atoms with Gasteiger partial charge in [0.2, 0.25) is 0 Å². The molecule has 2 saturated carbocycles. The fraction of sp³-hybridized carbons (Fsp3) is 0.600. The molecule has 3 unspecified atom stereocenters. The van der Waals surface area contributed by atoms with Gasteiger partial charge in [-0.05, 0) is 48.1 Å². The summed E-state index contributed by atoms with van der Waals surface area (Å²) < 4.78 is 28.7. The van der Waals surface area contributed by atoms with Gasteiger partial charge in [-0.25, -0.2) is 13.2 Å². The smallest absolute Gasteiger partial charge is 0.339 e. The van der Waals surface area contributed by atoms with Gasteiger partial charge in [-0.15, -0.1) is 0 Å². The molecule has 1 N–H and O–H groups in total. The van der Waals surface area contributed by atoms with Crippen molar-refractivity contribution in [1.29, 1.82) is 0 Å². The van der Waals surface area contributed by atoms with E-state index < -0.39 is 22.4 Å². The molecule has 1 aromatic carbocycles. The van der Waals surface area contributed by atoms with E-state index in [1.165, 1.54) is 24.6 Å². The van der Waals surface area contributed by atoms with Crippen LogP contribution in [0, 0.1) is 16.7 Å². The molecule has 1 aromatic rings. The largest absolute Gasteiger partial charge is 0.452 e. The van der Waals surface area contributed by atoms with Gasteiger partial charge in [0.05, 0.1) is 10.5 Å². The number of esters is 1. The molecule has 1 amide bonds. The van der Waals surface area contributed by atoms with Crippen molar-refractivity contribution in [2.45, 2.75) is 51.0 Å². The Morgan fingerprint density at radius 2 is 1.89 bits per heavy atom. The van der Waals surface area contributed by atoms with E-state index in [2.05, 4.69) is 26.1 Å². The zero-order valence-corrected chi connectivity index (χ0v) is 17.1. The van der Waals surface area contributed by atoms with E-state index >= 15 is 0 Å². The Labute approximate surface area is 160 Å². The van der Waals surface area contributed by atoms with Crippen LogP contribution in [-0.4, -0.2) is 39.2 Å². The lowest BCUT2D eigenvalue weighted by molar-refractivity contribution is -0.126. The van der Waals surface area contributed by atoms with E-state index in [0.717, 1.165) is 19.1 Å². The number of rotatable bonds is 5. The summed E-state index contributed by atoms with van der Waals surface area (Å²) in [6.45, 7) is 6.33. The minimum Gasteiger partial charge on any atom is -0.452 e. The highest BCUT2D eigenvalue weighted by Crippen LogP contribution is 2.65. The van der Waals surface area contributed by atoms with Crippen LogP contribution in [0.3, 0.4) is 0 Å². The van der Waals surface area contributed by atoms with E-state index in [1.54, 1.807) is 6.07 Å². The number of fused-ring (bicyclic) bond motifs is 2. The van der Waals surface area contributed by atoms with Crippen LogP contribution >= 0.6 is 0 Å². The Bertz CT molecular complexity index is 876. The Kier molecular flexibility index (Phi) is 4.87. The normalized spacial score (nSPS) is 28.7. The van der Waals surface area contributed by atoms with Crippen LogP contribution in [0.4, 0.5) is 0 Å². The molecule has 0 aromatic heterocycles. The average Bonchev–Trinajstić information content (AvgIpc) is 2.92. The number of ether oxygens (including phenoxy) is 1. The second kappa shape index (κ2) is 6.62. The molecule has 0 radical (unpaired) electrons. The minimum atomic E-state index is -3.56. The Balaban J connectivity index is 1.62. The van der Waals surface area contributed by atoms with Gasteiger partial charge < -0.3 is 10.1 Å². The quantitative estimate of drug-likeness (QED) is 0.777. The van der Waals surface area contributed by atoms with Crippen LogP contribution in [0.1, 0.15) is 50.4 Å². The molecule has 0 heterocycles. The summed E-state index contributed by atoms with van der Waals surface area (Å²) in [6, 6.07) is 5.90. The van der Waals surface area contributed by atoms with Gasteiger partial charge in [0, 0.05) is 12.3 Å². The molecular formula is C20H27NO5S. The minimum absolute atomic E-state index is 0.0419. The second-order valence-corrected chi connectivity index (χ2v) is 10.6. The summed E-state index contributed by atoms with van der Waals surface area (Å²) in [6.07, 6.45) is 4.24. The first-order valence-electron chi connectivity index (χ1n) is 9.22. The predicted octanol–water partition coefficient (Wildman–Crippen LogP) is 2.58. The fourth-order valence-electron chi connectivity index (χ4n) is 4.83. The Hall–Kier alpha value is -1.89. The number of amides is 1. The summed E-state index contributed by atoms with van der Waals surface area (Å²) in [4.78, 5) is 24.5. The molecule has 0 saturated heterocycles. The van der Waals surface area contributed by atoms with Crippen molar-refractivity contribution in [3.05, 3.63) is 29.8 Å². The summed E-state index contributed by atoms with van der Waals surface area (Å²) in [7, 11) is -3.56. The standard InChI is InChI=1S/C20H27NO5S/c1-19(2)13-9-10-20(19,3)16(11-13)21-17(22)12-26-18(23)14-7-5-6-8-15(14)27(4,24)25/h5-8,13,16H,9-12H2,1-4H3,(H,21,22). The van der Waals surface area contributed by atoms with Crippen LogP contribution in [0.15, 0.2) is 29.2 Å². The van der Waals surface area contributed by atoms with E-state index in [4.69, 9.17) is 4.74 Å². The number of carbonyl (C=O) groups is 2. The molecule has 2 aliphatic carbocycles. The van der Waals surface area contributed by atoms with Gasteiger partial charge in [0.15, 0.2) is 16.4 Å². The zero-order valence-electron chi connectivity index (χ0n) is 16.2. The number of sulfone groups is 1. The monoisotopic (exact) mass is 393 g/mol. The molecular weight excluding hydrogens is 366 g/mol. The van der Waals surface area contributed by atoms with Crippen molar-refractivity contribution < 1.29 is 22.7 Å². The lowest BCUT2D eigenvalue weighted by atomic mass is 9.69. The highest BCUT2D eigenvalue weighted by Gasteiger charge is 2.61. The molecule has 2 fully saturated rings. The van der Waals surface area contributed by atoms with Crippen LogP contribution in [0.2, 0.25) is 0 Å². The molecule has 27 heavy (non-hydrogen) atoms. The van der Waals surface area contributed by atoms with Crippen molar-refractivity contribution >= 4 is 21.7 Å². The van der Waals surface area contributed by atoms with E-state index in [-0.39, 0.29) is 33.2 Å². The third kappa shape index (κ3) is 3.37. The summed E-state index contributed by atoms with van der Waals surface area (Å²) in [5.74, 6) is -0.572. The SMILES string of the molecule is CC1(C)C2CCC1(C)C(NC(=O)COC(=O)c1ccccc1S(C)(=O)=O)C2. The summed E-state index contributed by atoms with van der Waals surface area (Å²) >= 11 is 0. The highest BCUT2D eigenvalue weighted by molar-refractivity contribution is 7.90. The van der Waals surface area contributed by atoms with Gasteiger partial charge in [-0.1, -0.05) is 32.9 Å². The van der Waals surface area contributed by atoms with Gasteiger partial charge in [0.25, 0.3) is 5.91 Å². The molecule has 2 aliphatic rings. The van der Waals surface area contributed by atoms with Gasteiger partial charge >= 0.3 is 5.97 Å². The predicted molar refractivity (Wildman–Crippen MR) is 101 cm³/mol. The first-order chi connectivity index (χ1) is 12.5. The molecule has 3 rings (SSSR count).